The van der Waals surface area contributed by atoms with Gasteiger partial charge in [-0.2, -0.15) is 18.2 Å². The lowest BCUT2D eigenvalue weighted by molar-refractivity contribution is -0.384. The standard InChI is InChI=1S/C12H11F3N4O5S/c1-6(11-17-7(2)24-18-11)16-9-4-3-8(5-10(9)19(20)21)25(22,23)12(13,14)15/h3-6,16H,1-2H3. The first kappa shape index (κ1) is 18.6. The number of halogens is 3. The maximum Gasteiger partial charge on any atom is 0.501 e. The molecule has 2 rings (SSSR count). The Morgan fingerprint density at radius 1 is 1.36 bits per heavy atom. The molecule has 0 amide bonds. The molecular formula is C12H11F3N4O5S. The van der Waals surface area contributed by atoms with Crippen molar-refractivity contribution in [2.45, 2.75) is 30.3 Å². The Labute approximate surface area is 138 Å². The van der Waals surface area contributed by atoms with Crippen molar-refractivity contribution in [2.24, 2.45) is 0 Å². The fraction of sp³-hybridized carbons (Fsp3) is 0.333. The van der Waals surface area contributed by atoms with Crippen molar-refractivity contribution in [1.82, 2.24) is 10.1 Å². The summed E-state index contributed by atoms with van der Waals surface area (Å²) in [5.41, 5.74) is -6.59. The summed E-state index contributed by atoms with van der Waals surface area (Å²) in [4.78, 5) is 12.8. The maximum absolute atomic E-state index is 12.6. The molecule has 0 aliphatic heterocycles. The van der Waals surface area contributed by atoms with Gasteiger partial charge in [-0.05, 0) is 19.1 Å². The number of nitrogens with one attached hydrogen (secondary N) is 1. The normalized spacial score (nSPS) is 13.5. The summed E-state index contributed by atoms with van der Waals surface area (Å²) in [6, 6.07) is 1.17. The molecule has 0 saturated heterocycles. The summed E-state index contributed by atoms with van der Waals surface area (Å²) in [5.74, 6) is 0.420. The van der Waals surface area contributed by atoms with Crippen molar-refractivity contribution in [3.8, 4) is 0 Å². The molecule has 0 bridgehead atoms. The van der Waals surface area contributed by atoms with Crippen molar-refractivity contribution >= 4 is 21.2 Å². The van der Waals surface area contributed by atoms with E-state index in [1.807, 2.05) is 0 Å². The van der Waals surface area contributed by atoms with Gasteiger partial charge in [-0.15, -0.1) is 0 Å². The molecule has 0 aliphatic rings. The predicted octanol–water partition coefficient (Wildman–Crippen LogP) is 2.75. The number of nitrogens with zero attached hydrogens (tertiary/aromatic N) is 3. The van der Waals surface area contributed by atoms with Crippen LogP contribution in [0, 0.1) is 17.0 Å². The van der Waals surface area contributed by atoms with E-state index in [1.165, 1.54) is 13.8 Å². The number of aromatic nitrogens is 2. The summed E-state index contributed by atoms with van der Waals surface area (Å²) in [6.45, 7) is 3.07. The van der Waals surface area contributed by atoms with Gasteiger partial charge in [0.1, 0.15) is 5.69 Å². The number of anilines is 1. The zero-order chi connectivity index (χ0) is 19.0. The van der Waals surface area contributed by atoms with Crippen LogP contribution in [0.2, 0.25) is 0 Å². The van der Waals surface area contributed by atoms with E-state index in [0.29, 0.717) is 12.1 Å². The van der Waals surface area contributed by atoms with Crippen molar-refractivity contribution in [3.05, 3.63) is 40.0 Å². The molecule has 0 saturated carbocycles. The first-order chi connectivity index (χ1) is 11.4. The smallest absolute Gasteiger partial charge is 0.370 e. The van der Waals surface area contributed by atoms with Gasteiger partial charge in [-0.1, -0.05) is 5.16 Å². The van der Waals surface area contributed by atoms with Gasteiger partial charge in [-0.3, -0.25) is 10.1 Å². The van der Waals surface area contributed by atoms with E-state index in [1.54, 1.807) is 0 Å². The molecule has 1 atom stereocenters. The Bertz CT molecular complexity index is 910. The van der Waals surface area contributed by atoms with E-state index in [2.05, 4.69) is 15.5 Å². The Morgan fingerprint density at radius 3 is 2.48 bits per heavy atom. The monoisotopic (exact) mass is 380 g/mol. The highest BCUT2D eigenvalue weighted by Crippen LogP contribution is 2.35. The number of alkyl halides is 3. The number of hydrogen-bond acceptors (Lipinski definition) is 8. The van der Waals surface area contributed by atoms with E-state index in [0.717, 1.165) is 6.07 Å². The molecule has 136 valence electrons. The van der Waals surface area contributed by atoms with Gasteiger partial charge in [0.2, 0.25) is 5.89 Å². The summed E-state index contributed by atoms with van der Waals surface area (Å²) >= 11 is 0. The highest BCUT2D eigenvalue weighted by molar-refractivity contribution is 7.92. The largest absolute Gasteiger partial charge is 0.501 e. The van der Waals surface area contributed by atoms with Gasteiger partial charge in [-0.25, -0.2) is 8.42 Å². The highest BCUT2D eigenvalue weighted by atomic mass is 32.2. The molecule has 0 spiro atoms. The first-order valence-electron chi connectivity index (χ1n) is 6.60. The van der Waals surface area contributed by atoms with Crippen LogP contribution in [-0.2, 0) is 9.84 Å². The van der Waals surface area contributed by atoms with Crippen molar-refractivity contribution in [2.75, 3.05) is 5.32 Å². The molecule has 9 nitrogen and oxygen atoms in total. The Morgan fingerprint density at radius 2 is 2.00 bits per heavy atom. The van der Waals surface area contributed by atoms with Gasteiger partial charge in [0.05, 0.1) is 15.9 Å². The molecule has 0 radical (unpaired) electrons. The number of sulfone groups is 1. The number of nitro groups is 1. The van der Waals surface area contributed by atoms with Crippen molar-refractivity contribution in [3.63, 3.8) is 0 Å². The lowest BCUT2D eigenvalue weighted by atomic mass is 10.2. The van der Waals surface area contributed by atoms with Crippen LogP contribution in [0.1, 0.15) is 24.7 Å². The topological polar surface area (TPSA) is 128 Å². The van der Waals surface area contributed by atoms with Gasteiger partial charge in [0.25, 0.3) is 15.5 Å². The van der Waals surface area contributed by atoms with E-state index in [-0.39, 0.29) is 17.4 Å². The molecule has 1 aromatic heterocycles. The highest BCUT2D eigenvalue weighted by Gasteiger charge is 2.47. The van der Waals surface area contributed by atoms with Crippen LogP contribution in [0.4, 0.5) is 24.5 Å². The lowest BCUT2D eigenvalue weighted by Gasteiger charge is -2.13. The second kappa shape index (κ2) is 6.31. The Kier molecular flexibility index (Phi) is 4.70. The van der Waals surface area contributed by atoms with Crippen LogP contribution in [0.3, 0.4) is 0 Å². The van der Waals surface area contributed by atoms with Crippen molar-refractivity contribution < 1.29 is 31.0 Å². The maximum atomic E-state index is 12.6. The van der Waals surface area contributed by atoms with E-state index >= 15 is 0 Å². The molecule has 1 unspecified atom stereocenters. The average molecular weight is 380 g/mol. The average Bonchev–Trinajstić information content (AvgIpc) is 2.92. The molecule has 0 fully saturated rings. The molecule has 2 aromatic rings. The molecule has 1 N–H and O–H groups in total. The molecule has 13 heteroatoms. The molecule has 1 aromatic carbocycles. The molecule has 25 heavy (non-hydrogen) atoms. The minimum atomic E-state index is -5.70. The summed E-state index contributed by atoms with van der Waals surface area (Å²) in [6.07, 6.45) is 0. The SMILES string of the molecule is Cc1nc(C(C)Nc2ccc(S(=O)(=O)C(F)(F)F)cc2[N+](=O)[O-])no1. The quantitative estimate of drug-likeness (QED) is 0.619. The summed E-state index contributed by atoms with van der Waals surface area (Å²) < 4.78 is 65.3. The summed E-state index contributed by atoms with van der Waals surface area (Å²) in [5, 5.41) is 17.4. The van der Waals surface area contributed by atoms with E-state index in [9.17, 15) is 31.7 Å². The van der Waals surface area contributed by atoms with E-state index in [4.69, 9.17) is 4.52 Å². The molecule has 1 heterocycles. The fourth-order valence-electron chi connectivity index (χ4n) is 1.87. The van der Waals surface area contributed by atoms with Gasteiger partial charge >= 0.3 is 5.51 Å². The zero-order valence-electron chi connectivity index (χ0n) is 12.7. The van der Waals surface area contributed by atoms with Gasteiger partial charge < -0.3 is 9.84 Å². The van der Waals surface area contributed by atoms with E-state index < -0.39 is 36.9 Å². The molecule has 0 aliphatic carbocycles. The fourth-order valence-corrected chi connectivity index (χ4v) is 2.66. The van der Waals surface area contributed by atoms with Gasteiger partial charge in [0, 0.05) is 13.0 Å². The van der Waals surface area contributed by atoms with Crippen LogP contribution in [0.5, 0.6) is 0 Å². The van der Waals surface area contributed by atoms with Crippen LogP contribution in [0.25, 0.3) is 0 Å². The number of benzene rings is 1. The minimum absolute atomic E-state index is 0.166. The third-order valence-electron chi connectivity index (χ3n) is 3.08. The number of aryl methyl sites for hydroxylation is 1. The third-order valence-corrected chi connectivity index (χ3v) is 4.57. The van der Waals surface area contributed by atoms with Crippen LogP contribution >= 0.6 is 0 Å². The van der Waals surface area contributed by atoms with Crippen LogP contribution in [-0.4, -0.2) is 29.0 Å². The second-order valence-electron chi connectivity index (χ2n) is 4.92. The number of hydrogen-bond donors (Lipinski definition) is 1. The lowest BCUT2D eigenvalue weighted by Crippen LogP contribution is -2.23. The Hall–Kier alpha value is -2.70. The van der Waals surface area contributed by atoms with Crippen LogP contribution in [0.15, 0.2) is 27.6 Å². The number of rotatable bonds is 5. The third kappa shape index (κ3) is 3.70. The molecular weight excluding hydrogens is 369 g/mol. The second-order valence-corrected chi connectivity index (χ2v) is 6.86. The Balaban J connectivity index is 2.42. The minimum Gasteiger partial charge on any atom is -0.370 e. The zero-order valence-corrected chi connectivity index (χ0v) is 13.6. The van der Waals surface area contributed by atoms with Gasteiger partial charge in [0.15, 0.2) is 5.82 Å². The number of nitro benzene ring substituents is 1. The first-order valence-corrected chi connectivity index (χ1v) is 8.08. The summed E-state index contributed by atoms with van der Waals surface area (Å²) in [7, 11) is -5.70. The van der Waals surface area contributed by atoms with Crippen molar-refractivity contribution in [1.29, 1.82) is 0 Å². The predicted molar refractivity (Wildman–Crippen MR) is 77.4 cm³/mol. The van der Waals surface area contributed by atoms with Crippen LogP contribution < -0.4 is 5.32 Å².